The highest BCUT2D eigenvalue weighted by molar-refractivity contribution is 5.96. The van der Waals surface area contributed by atoms with Crippen molar-refractivity contribution in [2.75, 3.05) is 0 Å². The van der Waals surface area contributed by atoms with Crippen molar-refractivity contribution < 1.29 is 19.8 Å². The van der Waals surface area contributed by atoms with E-state index in [-0.39, 0.29) is 11.1 Å². The number of carboxylic acid groups (broad SMARTS) is 2. The number of rotatable bonds is 7. The average molecular weight is 428 g/mol. The van der Waals surface area contributed by atoms with Gasteiger partial charge in [0.05, 0.1) is 22.2 Å². The fourth-order valence-electron chi connectivity index (χ4n) is 4.05. The zero-order chi connectivity index (χ0) is 22.8. The van der Waals surface area contributed by atoms with E-state index in [4.69, 9.17) is 4.98 Å². The summed E-state index contributed by atoms with van der Waals surface area (Å²) in [6, 6.07) is 17.9. The van der Waals surface area contributed by atoms with Crippen molar-refractivity contribution >= 4 is 23.0 Å². The number of carboxylic acids is 2. The Bertz CT molecular complexity index is 1340. The van der Waals surface area contributed by atoms with E-state index in [0.717, 1.165) is 47.4 Å². The summed E-state index contributed by atoms with van der Waals surface area (Å²) in [6.45, 7) is 4.08. The first kappa shape index (κ1) is 21.3. The van der Waals surface area contributed by atoms with Crippen LogP contribution in [0, 0.1) is 6.92 Å². The molecule has 4 rings (SSSR count). The summed E-state index contributed by atoms with van der Waals surface area (Å²) in [5.74, 6) is -1.06. The van der Waals surface area contributed by atoms with Crippen LogP contribution in [0.2, 0.25) is 0 Å². The van der Waals surface area contributed by atoms with Crippen LogP contribution in [-0.2, 0) is 6.42 Å². The second-order valence-electron chi connectivity index (χ2n) is 7.83. The molecule has 0 amide bonds. The molecular weight excluding hydrogens is 404 g/mol. The Kier molecular flexibility index (Phi) is 5.77. The largest absolute Gasteiger partial charge is 0.478 e. The molecular formula is C26H24N2O4. The highest BCUT2D eigenvalue weighted by atomic mass is 16.4. The summed E-state index contributed by atoms with van der Waals surface area (Å²) in [5, 5.41) is 18.9. The standard InChI is InChI=1S/C26H24N2O4/c1-3-4-9-24-27-22-15-17(25(29)30)10-13-23(22)28(24)18-11-12-19(16(2)14-18)20-7-5-6-8-21(20)26(31)32/h5-8,10-15H,3-4,9H2,1-2H3,(H,29,30)(H,31,32). The van der Waals surface area contributed by atoms with Crippen molar-refractivity contribution in [2.24, 2.45) is 0 Å². The number of imidazole rings is 1. The first-order chi connectivity index (χ1) is 15.4. The zero-order valence-electron chi connectivity index (χ0n) is 18.0. The number of unbranched alkanes of at least 4 members (excludes halogenated alkanes) is 1. The van der Waals surface area contributed by atoms with Crippen LogP contribution in [-0.4, -0.2) is 31.7 Å². The lowest BCUT2D eigenvalue weighted by atomic mass is 9.95. The summed E-state index contributed by atoms with van der Waals surface area (Å²) in [6.07, 6.45) is 2.77. The predicted molar refractivity (Wildman–Crippen MR) is 124 cm³/mol. The Morgan fingerprint density at radius 3 is 2.41 bits per heavy atom. The molecule has 0 aliphatic heterocycles. The van der Waals surface area contributed by atoms with Gasteiger partial charge < -0.3 is 10.2 Å². The molecule has 0 atom stereocenters. The molecule has 6 nitrogen and oxygen atoms in total. The Hall–Kier alpha value is -3.93. The van der Waals surface area contributed by atoms with Crippen LogP contribution in [0.25, 0.3) is 27.8 Å². The molecule has 162 valence electrons. The molecule has 0 bridgehead atoms. The van der Waals surface area contributed by atoms with E-state index >= 15 is 0 Å². The van der Waals surface area contributed by atoms with Gasteiger partial charge in [-0.1, -0.05) is 37.6 Å². The molecule has 6 heteroatoms. The molecule has 0 saturated carbocycles. The fraction of sp³-hybridized carbons (Fsp3) is 0.192. The van der Waals surface area contributed by atoms with Gasteiger partial charge in [-0.15, -0.1) is 0 Å². The molecule has 32 heavy (non-hydrogen) atoms. The molecule has 3 aromatic carbocycles. The predicted octanol–water partition coefficient (Wildman–Crippen LogP) is 5.74. The maximum atomic E-state index is 11.7. The lowest BCUT2D eigenvalue weighted by Crippen LogP contribution is -2.03. The Labute approximate surface area is 185 Å². The number of hydrogen-bond donors (Lipinski definition) is 2. The van der Waals surface area contributed by atoms with Crippen molar-refractivity contribution in [3.8, 4) is 16.8 Å². The normalized spacial score (nSPS) is 11.1. The van der Waals surface area contributed by atoms with Gasteiger partial charge in [0.2, 0.25) is 0 Å². The molecule has 0 saturated heterocycles. The van der Waals surface area contributed by atoms with Crippen LogP contribution in [0.3, 0.4) is 0 Å². The maximum absolute atomic E-state index is 11.7. The SMILES string of the molecule is CCCCc1nc2cc(C(=O)O)ccc2n1-c1ccc(-c2ccccc2C(=O)O)c(C)c1. The smallest absolute Gasteiger partial charge is 0.336 e. The molecule has 1 heterocycles. The number of aromatic carboxylic acids is 2. The number of fused-ring (bicyclic) bond motifs is 1. The summed E-state index contributed by atoms with van der Waals surface area (Å²) in [7, 11) is 0. The third kappa shape index (κ3) is 3.87. The lowest BCUT2D eigenvalue weighted by Gasteiger charge is -2.14. The third-order valence-corrected chi connectivity index (χ3v) is 5.64. The van der Waals surface area contributed by atoms with Crippen LogP contribution in [0.5, 0.6) is 0 Å². The Morgan fingerprint density at radius 1 is 0.938 bits per heavy atom. The van der Waals surface area contributed by atoms with Gasteiger partial charge in [0, 0.05) is 12.1 Å². The van der Waals surface area contributed by atoms with Crippen LogP contribution in [0.15, 0.2) is 60.7 Å². The Morgan fingerprint density at radius 2 is 1.72 bits per heavy atom. The van der Waals surface area contributed by atoms with Gasteiger partial charge in [0.25, 0.3) is 0 Å². The van der Waals surface area contributed by atoms with Gasteiger partial charge in [-0.3, -0.25) is 4.57 Å². The van der Waals surface area contributed by atoms with E-state index in [1.807, 2.05) is 37.3 Å². The third-order valence-electron chi connectivity index (χ3n) is 5.64. The average Bonchev–Trinajstić information content (AvgIpc) is 3.15. The number of benzene rings is 3. The lowest BCUT2D eigenvalue weighted by molar-refractivity contribution is 0.0686. The number of aryl methyl sites for hydroxylation is 2. The van der Waals surface area contributed by atoms with Crippen molar-refractivity contribution in [1.29, 1.82) is 0 Å². The molecule has 0 fully saturated rings. The van der Waals surface area contributed by atoms with Crippen molar-refractivity contribution in [3.05, 3.63) is 83.2 Å². The zero-order valence-corrected chi connectivity index (χ0v) is 18.0. The van der Waals surface area contributed by atoms with Gasteiger partial charge in [-0.05, 0) is 66.4 Å². The quantitative estimate of drug-likeness (QED) is 0.392. The van der Waals surface area contributed by atoms with Crippen LogP contribution in [0.4, 0.5) is 0 Å². The molecule has 0 radical (unpaired) electrons. The van der Waals surface area contributed by atoms with E-state index in [9.17, 15) is 19.8 Å². The number of nitrogens with zero attached hydrogens (tertiary/aromatic N) is 2. The van der Waals surface area contributed by atoms with Crippen molar-refractivity contribution in [3.63, 3.8) is 0 Å². The van der Waals surface area contributed by atoms with E-state index in [1.165, 1.54) is 0 Å². The fourth-order valence-corrected chi connectivity index (χ4v) is 4.05. The minimum atomic E-state index is -0.978. The van der Waals surface area contributed by atoms with Crippen LogP contribution in [0.1, 0.15) is 51.9 Å². The summed E-state index contributed by atoms with van der Waals surface area (Å²) >= 11 is 0. The van der Waals surface area contributed by atoms with Crippen molar-refractivity contribution in [1.82, 2.24) is 9.55 Å². The summed E-state index contributed by atoms with van der Waals surface area (Å²) < 4.78 is 2.07. The van der Waals surface area contributed by atoms with Gasteiger partial charge in [0.15, 0.2) is 0 Å². The van der Waals surface area contributed by atoms with Gasteiger partial charge >= 0.3 is 11.9 Å². The van der Waals surface area contributed by atoms with Gasteiger partial charge in [0.1, 0.15) is 5.82 Å². The topological polar surface area (TPSA) is 92.4 Å². The highest BCUT2D eigenvalue weighted by Crippen LogP contribution is 2.31. The first-order valence-electron chi connectivity index (χ1n) is 10.6. The first-order valence-corrected chi connectivity index (χ1v) is 10.6. The minimum Gasteiger partial charge on any atom is -0.478 e. The van der Waals surface area contributed by atoms with Gasteiger partial charge in [-0.25, -0.2) is 14.6 Å². The summed E-state index contributed by atoms with van der Waals surface area (Å²) in [4.78, 5) is 27.8. The number of hydrogen-bond acceptors (Lipinski definition) is 3. The van der Waals surface area contributed by atoms with Crippen LogP contribution >= 0.6 is 0 Å². The Balaban J connectivity index is 1.86. The van der Waals surface area contributed by atoms with E-state index < -0.39 is 11.9 Å². The van der Waals surface area contributed by atoms with E-state index in [2.05, 4.69) is 11.5 Å². The molecule has 0 spiro atoms. The molecule has 0 aliphatic carbocycles. The highest BCUT2D eigenvalue weighted by Gasteiger charge is 2.17. The molecule has 0 unspecified atom stereocenters. The number of aromatic nitrogens is 2. The van der Waals surface area contributed by atoms with Crippen molar-refractivity contribution in [2.45, 2.75) is 33.1 Å². The maximum Gasteiger partial charge on any atom is 0.336 e. The molecule has 4 aromatic rings. The molecule has 2 N–H and O–H groups in total. The second kappa shape index (κ2) is 8.67. The summed E-state index contributed by atoms with van der Waals surface area (Å²) in [5.41, 5.74) is 5.36. The monoisotopic (exact) mass is 428 g/mol. The van der Waals surface area contributed by atoms with Gasteiger partial charge in [-0.2, -0.15) is 0 Å². The molecule has 0 aliphatic rings. The van der Waals surface area contributed by atoms with Crippen LogP contribution < -0.4 is 0 Å². The number of carbonyl (C=O) groups is 2. The molecule has 1 aromatic heterocycles. The van der Waals surface area contributed by atoms with E-state index in [1.54, 1.807) is 30.3 Å². The second-order valence-corrected chi connectivity index (χ2v) is 7.83. The van der Waals surface area contributed by atoms with E-state index in [0.29, 0.717) is 11.1 Å². The minimum absolute atomic E-state index is 0.209.